The minimum Gasteiger partial charge on any atom is -0.465 e. The number of amides is 2. The zero-order valence-corrected chi connectivity index (χ0v) is 25.8. The standard InChI is InChI=1S/C32H38ClN5O6/c1-30(2)17-37(29(41)42)24(16-44-30)20-3-7-22(8-4-20)38-25(33)15-23-26(38)34-19-36(27(23)39)18-31(43)11-13-35(14-12-31)28(40)32(9-10-32)21-5-6-21/h3-4,7-8,15,19,21,24,43H,5-6,9-14,16-18H2,1-2H3,(H,41,42)/t24-/m1/s1. The predicted octanol–water partition coefficient (Wildman–Crippen LogP) is 4.21. The van der Waals surface area contributed by atoms with E-state index in [9.17, 15) is 24.6 Å². The largest absolute Gasteiger partial charge is 0.465 e. The van der Waals surface area contributed by atoms with E-state index >= 15 is 0 Å². The van der Waals surface area contributed by atoms with Crippen molar-refractivity contribution in [3.05, 3.63) is 57.7 Å². The Bertz CT molecular complexity index is 1680. The van der Waals surface area contributed by atoms with Crippen LogP contribution in [0.5, 0.6) is 0 Å². The Kier molecular flexibility index (Phi) is 6.87. The molecule has 7 rings (SSSR count). The lowest BCUT2D eigenvalue weighted by Crippen LogP contribution is -2.51. The third kappa shape index (κ3) is 5.08. The van der Waals surface area contributed by atoms with Crippen LogP contribution < -0.4 is 5.56 Å². The lowest BCUT2D eigenvalue weighted by molar-refractivity contribution is -0.142. The summed E-state index contributed by atoms with van der Waals surface area (Å²) < 4.78 is 9.01. The number of hydrogen-bond donors (Lipinski definition) is 2. The van der Waals surface area contributed by atoms with Crippen molar-refractivity contribution in [1.29, 1.82) is 0 Å². The summed E-state index contributed by atoms with van der Waals surface area (Å²) in [5.74, 6) is 0.798. The molecule has 2 saturated heterocycles. The van der Waals surface area contributed by atoms with Gasteiger partial charge in [0.2, 0.25) is 5.91 Å². The number of piperidine rings is 1. The van der Waals surface area contributed by atoms with Crippen molar-refractivity contribution >= 4 is 34.6 Å². The molecule has 2 saturated carbocycles. The van der Waals surface area contributed by atoms with Crippen molar-refractivity contribution in [3.8, 4) is 5.69 Å². The molecule has 2 aliphatic heterocycles. The molecule has 4 fully saturated rings. The van der Waals surface area contributed by atoms with E-state index in [1.807, 2.05) is 43.0 Å². The second-order valence-corrected chi connectivity index (χ2v) is 14.1. The topological polar surface area (TPSA) is 130 Å². The summed E-state index contributed by atoms with van der Waals surface area (Å²) >= 11 is 6.63. The molecule has 3 aromatic rings. The summed E-state index contributed by atoms with van der Waals surface area (Å²) in [5, 5.41) is 21.8. The highest BCUT2D eigenvalue weighted by atomic mass is 35.5. The monoisotopic (exact) mass is 623 g/mol. The van der Waals surface area contributed by atoms with Gasteiger partial charge in [0.05, 0.1) is 47.7 Å². The van der Waals surface area contributed by atoms with Gasteiger partial charge in [-0.15, -0.1) is 0 Å². The maximum absolute atomic E-state index is 13.5. The van der Waals surface area contributed by atoms with Crippen molar-refractivity contribution < 1.29 is 24.5 Å². The summed E-state index contributed by atoms with van der Waals surface area (Å²) in [6.07, 6.45) is 5.53. The summed E-state index contributed by atoms with van der Waals surface area (Å²) in [6, 6.07) is 8.45. The Labute approximate surface area is 260 Å². The fraction of sp³-hybridized carbons (Fsp3) is 0.562. The van der Waals surface area contributed by atoms with E-state index in [0.29, 0.717) is 53.7 Å². The average Bonchev–Trinajstić information content (AvgIpc) is 3.91. The van der Waals surface area contributed by atoms with Gasteiger partial charge >= 0.3 is 6.09 Å². The van der Waals surface area contributed by atoms with Crippen LogP contribution in [0.25, 0.3) is 16.7 Å². The van der Waals surface area contributed by atoms with E-state index in [1.165, 1.54) is 15.8 Å². The van der Waals surface area contributed by atoms with Crippen molar-refractivity contribution in [1.82, 2.24) is 23.9 Å². The number of morpholine rings is 1. The maximum Gasteiger partial charge on any atom is 0.407 e. The van der Waals surface area contributed by atoms with Crippen LogP contribution in [0, 0.1) is 11.3 Å². The minimum absolute atomic E-state index is 0.0857. The van der Waals surface area contributed by atoms with Gasteiger partial charge in [0.25, 0.3) is 5.56 Å². The lowest BCUT2D eigenvalue weighted by atomic mass is 9.89. The zero-order valence-electron chi connectivity index (χ0n) is 25.0. The van der Waals surface area contributed by atoms with Crippen molar-refractivity contribution in [3.63, 3.8) is 0 Å². The highest BCUT2D eigenvalue weighted by Crippen LogP contribution is 2.62. The Hall–Kier alpha value is -3.41. The van der Waals surface area contributed by atoms with Gasteiger partial charge in [-0.25, -0.2) is 9.78 Å². The molecule has 4 aliphatic rings. The van der Waals surface area contributed by atoms with E-state index in [2.05, 4.69) is 4.98 Å². The molecule has 1 atom stereocenters. The van der Waals surface area contributed by atoms with Crippen molar-refractivity contribution in [2.45, 2.75) is 76.2 Å². The number of aliphatic hydroxyl groups is 1. The predicted molar refractivity (Wildman–Crippen MR) is 163 cm³/mol. The van der Waals surface area contributed by atoms with Crippen LogP contribution in [0.3, 0.4) is 0 Å². The number of carbonyl (C=O) groups excluding carboxylic acids is 1. The Morgan fingerprint density at radius 1 is 1.09 bits per heavy atom. The molecule has 234 valence electrons. The van der Waals surface area contributed by atoms with Gasteiger partial charge < -0.3 is 19.8 Å². The van der Waals surface area contributed by atoms with Gasteiger partial charge in [-0.1, -0.05) is 23.7 Å². The van der Waals surface area contributed by atoms with E-state index in [-0.39, 0.29) is 36.6 Å². The SMILES string of the molecule is CC1(C)CN(C(=O)O)[C@@H](c2ccc(-n3c(Cl)cc4c(=O)n(CC5(O)CCN(C(=O)C6(C7CC7)CC6)CC5)cnc43)cc2)CO1. The highest BCUT2D eigenvalue weighted by Gasteiger charge is 2.60. The normalized spacial score (nSPS) is 24.0. The Morgan fingerprint density at radius 2 is 1.77 bits per heavy atom. The minimum atomic E-state index is -1.11. The molecular formula is C32H38ClN5O6. The van der Waals surface area contributed by atoms with E-state index in [0.717, 1.165) is 31.2 Å². The molecule has 2 aromatic heterocycles. The summed E-state index contributed by atoms with van der Waals surface area (Å²) in [6.45, 7) is 5.30. The molecule has 0 radical (unpaired) electrons. The Balaban J connectivity index is 1.08. The summed E-state index contributed by atoms with van der Waals surface area (Å²) in [4.78, 5) is 46.6. The van der Waals surface area contributed by atoms with Crippen LogP contribution in [-0.2, 0) is 16.1 Å². The van der Waals surface area contributed by atoms with Gasteiger partial charge in [-0.05, 0) is 82.1 Å². The number of hydrogen-bond acceptors (Lipinski definition) is 6. The number of likely N-dealkylation sites (tertiary alicyclic amines) is 1. The molecule has 2 amide bonds. The fourth-order valence-electron chi connectivity index (χ4n) is 7.21. The molecule has 44 heavy (non-hydrogen) atoms. The third-order valence-corrected chi connectivity index (χ3v) is 10.4. The van der Waals surface area contributed by atoms with E-state index in [4.69, 9.17) is 16.3 Å². The van der Waals surface area contributed by atoms with E-state index in [1.54, 1.807) is 10.6 Å². The van der Waals surface area contributed by atoms with Gasteiger partial charge in [-0.3, -0.25) is 23.6 Å². The van der Waals surface area contributed by atoms with Crippen LogP contribution in [0.15, 0.2) is 41.5 Å². The number of aromatic nitrogens is 3. The number of benzene rings is 1. The lowest BCUT2D eigenvalue weighted by Gasteiger charge is -2.42. The molecule has 11 nitrogen and oxygen atoms in total. The van der Waals surface area contributed by atoms with Crippen LogP contribution in [0.1, 0.15) is 64.0 Å². The van der Waals surface area contributed by atoms with Gasteiger partial charge in [0.1, 0.15) is 11.5 Å². The first-order valence-electron chi connectivity index (χ1n) is 15.4. The second-order valence-electron chi connectivity index (χ2n) is 13.8. The zero-order chi connectivity index (χ0) is 31.0. The van der Waals surface area contributed by atoms with Crippen molar-refractivity contribution in [2.24, 2.45) is 11.3 Å². The molecule has 2 aliphatic carbocycles. The van der Waals surface area contributed by atoms with Crippen LogP contribution in [0.2, 0.25) is 5.15 Å². The molecular weight excluding hydrogens is 586 g/mol. The number of halogens is 1. The quantitative estimate of drug-likeness (QED) is 0.421. The average molecular weight is 624 g/mol. The number of fused-ring (bicyclic) bond motifs is 1. The summed E-state index contributed by atoms with van der Waals surface area (Å²) in [7, 11) is 0. The highest BCUT2D eigenvalue weighted by molar-refractivity contribution is 6.31. The fourth-order valence-corrected chi connectivity index (χ4v) is 7.50. The number of carbonyl (C=O) groups is 2. The number of ether oxygens (including phenoxy) is 1. The van der Waals surface area contributed by atoms with Crippen LogP contribution in [0.4, 0.5) is 4.79 Å². The first-order chi connectivity index (χ1) is 20.9. The van der Waals surface area contributed by atoms with Gasteiger partial charge in [0.15, 0.2) is 5.65 Å². The van der Waals surface area contributed by atoms with E-state index < -0.39 is 23.3 Å². The van der Waals surface area contributed by atoms with Crippen LogP contribution in [-0.4, -0.2) is 83.6 Å². The molecule has 4 heterocycles. The van der Waals surface area contributed by atoms with Gasteiger partial charge in [0, 0.05) is 18.8 Å². The smallest absolute Gasteiger partial charge is 0.407 e. The number of nitrogens with zero attached hydrogens (tertiary/aromatic N) is 5. The molecule has 0 bridgehead atoms. The first kappa shape index (κ1) is 29.3. The molecule has 2 N–H and O–H groups in total. The molecule has 0 spiro atoms. The summed E-state index contributed by atoms with van der Waals surface area (Å²) in [5.41, 5.74) is -0.260. The first-order valence-corrected chi connectivity index (χ1v) is 15.8. The number of carboxylic acid groups (broad SMARTS) is 1. The maximum atomic E-state index is 13.5. The van der Waals surface area contributed by atoms with Gasteiger partial charge in [-0.2, -0.15) is 0 Å². The molecule has 0 unspecified atom stereocenters. The van der Waals surface area contributed by atoms with Crippen molar-refractivity contribution in [2.75, 3.05) is 26.2 Å². The molecule has 1 aromatic carbocycles. The number of rotatable bonds is 6. The van der Waals surface area contributed by atoms with Crippen LogP contribution >= 0.6 is 11.6 Å². The third-order valence-electron chi connectivity index (χ3n) is 10.1. The Morgan fingerprint density at radius 3 is 2.39 bits per heavy atom. The second kappa shape index (κ2) is 10.3. The molecule has 12 heteroatoms.